The molecule has 0 bridgehead atoms. The maximum absolute atomic E-state index is 11.6. The summed E-state index contributed by atoms with van der Waals surface area (Å²) in [5.41, 5.74) is 4.63. The number of aryl methyl sites for hydroxylation is 2. The van der Waals surface area contributed by atoms with Crippen molar-refractivity contribution in [2.45, 2.75) is 33.4 Å². The lowest BCUT2D eigenvalue weighted by Gasteiger charge is -2.15. The van der Waals surface area contributed by atoms with Crippen LogP contribution in [0.2, 0.25) is 0 Å². The van der Waals surface area contributed by atoms with E-state index in [4.69, 9.17) is 5.11 Å². The van der Waals surface area contributed by atoms with Gasteiger partial charge in [0.05, 0.1) is 18.5 Å². The second kappa shape index (κ2) is 7.78. The summed E-state index contributed by atoms with van der Waals surface area (Å²) in [5.74, 6) is -0.170. The van der Waals surface area contributed by atoms with Gasteiger partial charge in [-0.3, -0.25) is 9.48 Å². The Kier molecular flexibility index (Phi) is 5.76. The average Bonchev–Trinajstić information content (AvgIpc) is 2.94. The highest BCUT2D eigenvalue weighted by Gasteiger charge is 2.09. The number of nitrogens with one attached hydrogen (secondary N) is 2. The summed E-state index contributed by atoms with van der Waals surface area (Å²) in [6.07, 6.45) is 3.51. The maximum atomic E-state index is 11.6. The Hall–Kier alpha value is -2.34. The molecule has 124 valence electrons. The number of carbonyl (C=O) groups is 1. The van der Waals surface area contributed by atoms with E-state index in [0.717, 1.165) is 5.69 Å². The lowest BCUT2D eigenvalue weighted by Crippen LogP contribution is -2.30. The van der Waals surface area contributed by atoms with E-state index in [-0.39, 0.29) is 31.6 Å². The normalized spacial score (nSPS) is 12.0. The van der Waals surface area contributed by atoms with E-state index in [2.05, 4.69) is 54.7 Å². The largest absolute Gasteiger partial charge is 0.395 e. The summed E-state index contributed by atoms with van der Waals surface area (Å²) >= 11 is 0. The number of hydrogen-bond acceptors (Lipinski definition) is 4. The molecule has 0 aliphatic heterocycles. The number of nitrogens with zero attached hydrogens (tertiary/aromatic N) is 2. The van der Waals surface area contributed by atoms with Crippen molar-refractivity contribution in [2.75, 3.05) is 18.5 Å². The van der Waals surface area contributed by atoms with Crippen LogP contribution in [-0.4, -0.2) is 33.9 Å². The van der Waals surface area contributed by atoms with Crippen LogP contribution < -0.4 is 10.6 Å². The van der Waals surface area contributed by atoms with Gasteiger partial charge in [-0.1, -0.05) is 18.2 Å². The SMILES string of the molecule is Cc1ccc(C(C)Nc2cnn(CC(=O)NCCO)c2)cc1C. The molecule has 0 aliphatic rings. The fourth-order valence-corrected chi connectivity index (χ4v) is 2.29. The number of aliphatic hydroxyl groups excluding tert-OH is 1. The molecule has 0 spiro atoms. The molecule has 1 amide bonds. The van der Waals surface area contributed by atoms with E-state index in [1.807, 2.05) is 0 Å². The van der Waals surface area contributed by atoms with Crippen molar-refractivity contribution >= 4 is 11.6 Å². The molecule has 1 aromatic carbocycles. The third-order valence-electron chi connectivity index (χ3n) is 3.79. The minimum absolute atomic E-state index is 0.0644. The summed E-state index contributed by atoms with van der Waals surface area (Å²) in [5, 5.41) is 18.8. The van der Waals surface area contributed by atoms with Gasteiger partial charge < -0.3 is 15.7 Å². The van der Waals surface area contributed by atoms with E-state index in [0.29, 0.717) is 0 Å². The van der Waals surface area contributed by atoms with Crippen LogP contribution in [0.3, 0.4) is 0 Å². The molecule has 1 atom stereocenters. The predicted molar refractivity (Wildman–Crippen MR) is 90.3 cm³/mol. The molecule has 1 aromatic heterocycles. The van der Waals surface area contributed by atoms with Crippen molar-refractivity contribution in [3.63, 3.8) is 0 Å². The number of aliphatic hydroxyl groups is 1. The van der Waals surface area contributed by atoms with Gasteiger partial charge in [0.25, 0.3) is 0 Å². The molecule has 1 unspecified atom stereocenters. The number of carbonyl (C=O) groups excluding carboxylic acids is 1. The minimum Gasteiger partial charge on any atom is -0.395 e. The molecule has 1 heterocycles. The molecule has 2 rings (SSSR count). The Morgan fingerprint density at radius 1 is 1.35 bits per heavy atom. The van der Waals surface area contributed by atoms with Crippen LogP contribution in [0.5, 0.6) is 0 Å². The number of hydrogen-bond donors (Lipinski definition) is 3. The molecular formula is C17H24N4O2. The number of benzene rings is 1. The van der Waals surface area contributed by atoms with Crippen molar-refractivity contribution in [1.82, 2.24) is 15.1 Å². The van der Waals surface area contributed by atoms with Gasteiger partial charge in [0.2, 0.25) is 5.91 Å². The number of amides is 1. The Labute approximate surface area is 136 Å². The van der Waals surface area contributed by atoms with Crippen molar-refractivity contribution in [1.29, 1.82) is 0 Å². The zero-order valence-corrected chi connectivity index (χ0v) is 13.8. The van der Waals surface area contributed by atoms with Crippen LogP contribution in [0.4, 0.5) is 5.69 Å². The van der Waals surface area contributed by atoms with E-state index in [1.165, 1.54) is 16.7 Å². The van der Waals surface area contributed by atoms with E-state index < -0.39 is 0 Å². The molecular weight excluding hydrogens is 292 g/mol. The molecule has 2 aromatic rings. The maximum Gasteiger partial charge on any atom is 0.241 e. The smallest absolute Gasteiger partial charge is 0.241 e. The summed E-state index contributed by atoms with van der Waals surface area (Å²) in [4.78, 5) is 11.6. The van der Waals surface area contributed by atoms with Gasteiger partial charge in [-0.25, -0.2) is 0 Å². The molecule has 0 saturated carbocycles. The molecule has 0 radical (unpaired) electrons. The van der Waals surface area contributed by atoms with Gasteiger partial charge in [-0.05, 0) is 37.5 Å². The highest BCUT2D eigenvalue weighted by Crippen LogP contribution is 2.21. The van der Waals surface area contributed by atoms with Gasteiger partial charge in [0.15, 0.2) is 0 Å². The predicted octanol–water partition coefficient (Wildman–Crippen LogP) is 1.78. The third-order valence-corrected chi connectivity index (χ3v) is 3.79. The first-order valence-corrected chi connectivity index (χ1v) is 7.73. The molecule has 6 heteroatoms. The Morgan fingerprint density at radius 3 is 2.83 bits per heavy atom. The summed E-state index contributed by atoms with van der Waals surface area (Å²) in [7, 11) is 0. The highest BCUT2D eigenvalue weighted by molar-refractivity contribution is 5.75. The Morgan fingerprint density at radius 2 is 2.13 bits per heavy atom. The summed E-state index contributed by atoms with van der Waals surface area (Å²) in [6.45, 7) is 6.63. The van der Waals surface area contributed by atoms with Gasteiger partial charge in [-0.2, -0.15) is 5.10 Å². The van der Waals surface area contributed by atoms with Crippen LogP contribution in [0.15, 0.2) is 30.6 Å². The minimum atomic E-state index is -0.170. The molecule has 23 heavy (non-hydrogen) atoms. The first-order chi connectivity index (χ1) is 11.0. The van der Waals surface area contributed by atoms with Gasteiger partial charge in [-0.15, -0.1) is 0 Å². The van der Waals surface area contributed by atoms with Crippen LogP contribution in [0, 0.1) is 13.8 Å². The zero-order chi connectivity index (χ0) is 16.8. The fourth-order valence-electron chi connectivity index (χ4n) is 2.29. The quantitative estimate of drug-likeness (QED) is 0.727. The third kappa shape index (κ3) is 4.82. The molecule has 3 N–H and O–H groups in total. The first kappa shape index (κ1) is 17.0. The molecule has 0 aliphatic carbocycles. The number of anilines is 1. The van der Waals surface area contributed by atoms with Crippen LogP contribution >= 0.6 is 0 Å². The van der Waals surface area contributed by atoms with Crippen molar-refractivity contribution in [3.05, 3.63) is 47.3 Å². The lowest BCUT2D eigenvalue weighted by atomic mass is 10.0. The van der Waals surface area contributed by atoms with Gasteiger partial charge >= 0.3 is 0 Å². The van der Waals surface area contributed by atoms with E-state index in [1.54, 1.807) is 17.1 Å². The monoisotopic (exact) mass is 316 g/mol. The van der Waals surface area contributed by atoms with Crippen LogP contribution in [0.25, 0.3) is 0 Å². The van der Waals surface area contributed by atoms with Crippen molar-refractivity contribution < 1.29 is 9.90 Å². The van der Waals surface area contributed by atoms with Crippen molar-refractivity contribution in [3.8, 4) is 0 Å². The van der Waals surface area contributed by atoms with E-state index >= 15 is 0 Å². The topological polar surface area (TPSA) is 79.2 Å². The molecule has 6 nitrogen and oxygen atoms in total. The second-order valence-electron chi connectivity index (χ2n) is 5.71. The molecule has 0 saturated heterocycles. The fraction of sp³-hybridized carbons (Fsp3) is 0.412. The Balaban J connectivity index is 1.95. The number of rotatable bonds is 7. The average molecular weight is 316 g/mol. The summed E-state index contributed by atoms with van der Waals surface area (Å²) in [6, 6.07) is 6.57. The lowest BCUT2D eigenvalue weighted by molar-refractivity contribution is -0.122. The standard InChI is InChI=1S/C17H24N4O2/c1-12-4-5-15(8-13(12)2)14(3)20-16-9-19-21(10-16)11-17(23)18-6-7-22/h4-5,8-10,14,20,22H,6-7,11H2,1-3H3,(H,18,23). The second-order valence-corrected chi connectivity index (χ2v) is 5.71. The van der Waals surface area contributed by atoms with Crippen LogP contribution in [0.1, 0.15) is 29.7 Å². The molecule has 0 fully saturated rings. The zero-order valence-electron chi connectivity index (χ0n) is 13.8. The first-order valence-electron chi connectivity index (χ1n) is 7.73. The highest BCUT2D eigenvalue weighted by atomic mass is 16.3. The van der Waals surface area contributed by atoms with Crippen molar-refractivity contribution in [2.24, 2.45) is 0 Å². The Bertz CT molecular complexity index is 666. The number of aromatic nitrogens is 2. The summed E-state index contributed by atoms with van der Waals surface area (Å²) < 4.78 is 1.57. The van der Waals surface area contributed by atoms with E-state index in [9.17, 15) is 4.79 Å². The van der Waals surface area contributed by atoms with Gasteiger partial charge in [0.1, 0.15) is 6.54 Å². The van der Waals surface area contributed by atoms with Gasteiger partial charge in [0, 0.05) is 18.8 Å². The van der Waals surface area contributed by atoms with Crippen LogP contribution in [-0.2, 0) is 11.3 Å².